The van der Waals surface area contributed by atoms with Crippen LogP contribution in [0.3, 0.4) is 0 Å². The predicted molar refractivity (Wildman–Crippen MR) is 48.7 cm³/mol. The molecule has 1 rings (SSSR count). The van der Waals surface area contributed by atoms with Crippen LogP contribution in [0.5, 0.6) is 0 Å². The predicted octanol–water partition coefficient (Wildman–Crippen LogP) is 2.75. The molecule has 0 aliphatic carbocycles. The summed E-state index contributed by atoms with van der Waals surface area (Å²) in [6.45, 7) is 0. The van der Waals surface area contributed by atoms with E-state index in [1.165, 1.54) is 0 Å². The first-order valence-corrected chi connectivity index (χ1v) is 4.85. The van der Waals surface area contributed by atoms with Crippen LogP contribution in [-0.2, 0) is 5.33 Å². The van der Waals surface area contributed by atoms with Gasteiger partial charge < -0.3 is 5.11 Å². The van der Waals surface area contributed by atoms with Gasteiger partial charge in [-0.1, -0.05) is 15.9 Å². The Kier molecular flexibility index (Phi) is 3.67. The molecule has 1 aromatic heterocycles. The largest absolute Gasteiger partial charge is 0.478 e. The highest BCUT2D eigenvalue weighted by Gasteiger charge is 2.24. The van der Waals surface area contributed by atoms with E-state index in [4.69, 9.17) is 5.11 Å². The van der Waals surface area contributed by atoms with Gasteiger partial charge in [-0.2, -0.15) is 0 Å². The zero-order valence-corrected chi connectivity index (χ0v) is 8.76. The molecule has 0 fully saturated rings. The van der Waals surface area contributed by atoms with E-state index in [0.29, 0.717) is 6.20 Å². The van der Waals surface area contributed by atoms with Crippen LogP contribution in [0.1, 0.15) is 28.0 Å². The average molecular weight is 284 g/mol. The standard InChI is InChI=1S/C8H5BrF3NO2/c9-1-3-5(8(14)15)4(10)2-13-6(3)7(11)12/h2,7H,1H2,(H,14,15). The van der Waals surface area contributed by atoms with Gasteiger partial charge in [-0.3, -0.25) is 4.98 Å². The molecule has 15 heavy (non-hydrogen) atoms. The lowest BCUT2D eigenvalue weighted by Gasteiger charge is -2.08. The number of carbonyl (C=O) groups is 1. The Labute approximate surface area is 91.1 Å². The van der Waals surface area contributed by atoms with Gasteiger partial charge in [-0.25, -0.2) is 18.0 Å². The molecule has 0 aliphatic rings. The van der Waals surface area contributed by atoms with Crippen molar-refractivity contribution < 1.29 is 23.1 Å². The van der Waals surface area contributed by atoms with Crippen molar-refractivity contribution in [2.75, 3.05) is 0 Å². The Morgan fingerprint density at radius 1 is 1.60 bits per heavy atom. The number of pyridine rings is 1. The quantitative estimate of drug-likeness (QED) is 0.868. The van der Waals surface area contributed by atoms with Crippen LogP contribution in [0.25, 0.3) is 0 Å². The van der Waals surface area contributed by atoms with Crippen molar-refractivity contribution in [1.82, 2.24) is 4.98 Å². The maximum atomic E-state index is 13.0. The van der Waals surface area contributed by atoms with E-state index in [2.05, 4.69) is 20.9 Å². The van der Waals surface area contributed by atoms with Crippen LogP contribution in [0.15, 0.2) is 6.20 Å². The second-order valence-electron chi connectivity index (χ2n) is 2.58. The number of hydrogen-bond donors (Lipinski definition) is 1. The number of carboxylic acid groups (broad SMARTS) is 1. The molecule has 1 aromatic rings. The molecule has 1 N–H and O–H groups in total. The molecule has 0 bridgehead atoms. The zero-order valence-electron chi connectivity index (χ0n) is 7.18. The summed E-state index contributed by atoms with van der Waals surface area (Å²) >= 11 is 2.83. The number of rotatable bonds is 3. The van der Waals surface area contributed by atoms with Gasteiger partial charge in [0.25, 0.3) is 6.43 Å². The van der Waals surface area contributed by atoms with Crippen molar-refractivity contribution in [3.63, 3.8) is 0 Å². The highest BCUT2D eigenvalue weighted by atomic mass is 79.9. The third-order valence-electron chi connectivity index (χ3n) is 1.72. The van der Waals surface area contributed by atoms with E-state index in [-0.39, 0.29) is 10.9 Å². The summed E-state index contributed by atoms with van der Waals surface area (Å²) in [5.41, 5.74) is -1.82. The smallest absolute Gasteiger partial charge is 0.339 e. The molecule has 0 radical (unpaired) electrons. The molecule has 0 unspecified atom stereocenters. The van der Waals surface area contributed by atoms with E-state index in [1.807, 2.05) is 0 Å². The van der Waals surface area contributed by atoms with Crippen molar-refractivity contribution in [3.05, 3.63) is 28.8 Å². The number of aromatic nitrogens is 1. The summed E-state index contributed by atoms with van der Waals surface area (Å²) in [5.74, 6) is -2.72. The lowest BCUT2D eigenvalue weighted by molar-refractivity contribution is 0.0689. The minimum atomic E-state index is -2.93. The van der Waals surface area contributed by atoms with E-state index in [1.54, 1.807) is 0 Å². The van der Waals surface area contributed by atoms with Crippen molar-refractivity contribution in [2.24, 2.45) is 0 Å². The van der Waals surface area contributed by atoms with Gasteiger partial charge in [0.1, 0.15) is 11.3 Å². The zero-order chi connectivity index (χ0) is 11.6. The van der Waals surface area contributed by atoms with Crippen molar-refractivity contribution in [3.8, 4) is 0 Å². The third kappa shape index (κ3) is 2.28. The maximum Gasteiger partial charge on any atom is 0.339 e. The molecule has 0 spiro atoms. The summed E-state index contributed by atoms with van der Waals surface area (Å²) in [4.78, 5) is 13.8. The second-order valence-corrected chi connectivity index (χ2v) is 3.15. The van der Waals surface area contributed by atoms with E-state index >= 15 is 0 Å². The lowest BCUT2D eigenvalue weighted by Crippen LogP contribution is -2.10. The summed E-state index contributed by atoms with van der Waals surface area (Å²) < 4.78 is 37.8. The first-order valence-electron chi connectivity index (χ1n) is 3.73. The molecule has 0 saturated heterocycles. The lowest BCUT2D eigenvalue weighted by atomic mass is 10.1. The maximum absolute atomic E-state index is 13.0. The number of carboxylic acids is 1. The number of nitrogens with zero attached hydrogens (tertiary/aromatic N) is 1. The molecule has 1 heterocycles. The SMILES string of the molecule is O=C(O)c1c(F)cnc(C(F)F)c1CBr. The van der Waals surface area contributed by atoms with Crippen LogP contribution >= 0.6 is 15.9 Å². The van der Waals surface area contributed by atoms with Crippen LogP contribution in [-0.4, -0.2) is 16.1 Å². The molecule has 0 amide bonds. The van der Waals surface area contributed by atoms with Gasteiger partial charge >= 0.3 is 5.97 Å². The third-order valence-corrected chi connectivity index (χ3v) is 2.28. The Morgan fingerprint density at radius 3 is 2.60 bits per heavy atom. The Morgan fingerprint density at radius 2 is 2.20 bits per heavy atom. The van der Waals surface area contributed by atoms with E-state index < -0.39 is 29.5 Å². The monoisotopic (exact) mass is 283 g/mol. The minimum Gasteiger partial charge on any atom is -0.478 e. The number of aromatic carboxylic acids is 1. The van der Waals surface area contributed by atoms with Gasteiger partial charge in [-0.05, 0) is 0 Å². The Bertz CT molecular complexity index is 398. The van der Waals surface area contributed by atoms with E-state index in [9.17, 15) is 18.0 Å². The van der Waals surface area contributed by atoms with Gasteiger partial charge in [0.15, 0.2) is 5.82 Å². The fourth-order valence-corrected chi connectivity index (χ4v) is 1.66. The molecule has 0 aliphatic heterocycles. The Balaban J connectivity index is 3.47. The minimum absolute atomic E-state index is 0.195. The Hall–Kier alpha value is -1.11. The van der Waals surface area contributed by atoms with Crippen molar-refractivity contribution in [1.29, 1.82) is 0 Å². The number of alkyl halides is 3. The van der Waals surface area contributed by atoms with Crippen molar-refractivity contribution >= 4 is 21.9 Å². The first kappa shape index (κ1) is 12.0. The summed E-state index contributed by atoms with van der Waals surface area (Å²) in [7, 11) is 0. The van der Waals surface area contributed by atoms with Crippen LogP contribution in [0, 0.1) is 5.82 Å². The van der Waals surface area contributed by atoms with Gasteiger partial charge in [-0.15, -0.1) is 0 Å². The van der Waals surface area contributed by atoms with Crippen LogP contribution in [0.2, 0.25) is 0 Å². The summed E-state index contributed by atoms with van der Waals surface area (Å²) in [6.07, 6.45) is -2.45. The van der Waals surface area contributed by atoms with Crippen molar-refractivity contribution in [2.45, 2.75) is 11.8 Å². The van der Waals surface area contributed by atoms with Gasteiger partial charge in [0.2, 0.25) is 0 Å². The molecule has 0 atom stereocenters. The van der Waals surface area contributed by atoms with Crippen LogP contribution < -0.4 is 0 Å². The average Bonchev–Trinajstić information content (AvgIpc) is 2.15. The second kappa shape index (κ2) is 4.61. The molecule has 7 heteroatoms. The number of hydrogen-bond acceptors (Lipinski definition) is 2. The molecule has 82 valence electrons. The first-order chi connectivity index (χ1) is 6.99. The van der Waals surface area contributed by atoms with Crippen LogP contribution in [0.4, 0.5) is 13.2 Å². The van der Waals surface area contributed by atoms with Gasteiger partial charge in [0, 0.05) is 10.9 Å². The summed E-state index contributed by atoms with van der Waals surface area (Å²) in [5, 5.41) is 8.45. The topological polar surface area (TPSA) is 50.2 Å². The highest BCUT2D eigenvalue weighted by molar-refractivity contribution is 9.08. The molecular formula is C8H5BrF3NO2. The van der Waals surface area contributed by atoms with E-state index in [0.717, 1.165) is 0 Å². The number of halogens is 4. The fourth-order valence-electron chi connectivity index (χ4n) is 1.10. The summed E-state index contributed by atoms with van der Waals surface area (Å²) in [6, 6.07) is 0. The van der Waals surface area contributed by atoms with Gasteiger partial charge in [0.05, 0.1) is 6.20 Å². The molecule has 0 saturated carbocycles. The fraction of sp³-hybridized carbons (Fsp3) is 0.250. The normalized spacial score (nSPS) is 10.7. The highest BCUT2D eigenvalue weighted by Crippen LogP contribution is 2.26. The molecule has 0 aromatic carbocycles. The molecule has 3 nitrogen and oxygen atoms in total. The molecular weight excluding hydrogens is 279 g/mol.